The first kappa shape index (κ1) is 18.3. The number of likely N-dealkylation sites (N-methyl/N-ethyl adjacent to an activating group) is 1. The van der Waals surface area contributed by atoms with Crippen molar-refractivity contribution >= 4 is 33.2 Å². The highest BCUT2D eigenvalue weighted by atomic mass is 79.9. The van der Waals surface area contributed by atoms with Crippen LogP contribution in [-0.2, 0) is 0 Å². The van der Waals surface area contributed by atoms with Gasteiger partial charge in [-0.15, -0.1) is 0 Å². The van der Waals surface area contributed by atoms with Crippen LogP contribution in [0.25, 0.3) is 0 Å². The molecule has 0 aromatic heterocycles. The lowest BCUT2D eigenvalue weighted by Crippen LogP contribution is -2.58. The fourth-order valence-electron chi connectivity index (χ4n) is 4.15. The Kier molecular flexibility index (Phi) is 5.04. The van der Waals surface area contributed by atoms with Gasteiger partial charge in [-0.1, -0.05) is 23.7 Å². The predicted molar refractivity (Wildman–Crippen MR) is 112 cm³/mol. The molecule has 138 valence electrons. The van der Waals surface area contributed by atoms with Crippen LogP contribution in [0.1, 0.15) is 17.9 Å². The van der Waals surface area contributed by atoms with E-state index in [9.17, 15) is 0 Å². The molecule has 0 unspecified atom stereocenters. The van der Waals surface area contributed by atoms with E-state index >= 15 is 0 Å². The van der Waals surface area contributed by atoms with Crippen LogP contribution in [0.5, 0.6) is 5.75 Å². The third-order valence-electron chi connectivity index (χ3n) is 6.04. The lowest BCUT2D eigenvalue weighted by atomic mass is 10.1. The summed E-state index contributed by atoms with van der Waals surface area (Å²) < 4.78 is 7.47. The third-order valence-corrected chi connectivity index (χ3v) is 6.95. The van der Waals surface area contributed by atoms with Crippen LogP contribution in [0.15, 0.2) is 46.9 Å². The number of ether oxygens (including phenoxy) is 1. The SMILES string of the molecule is COc1cc([N+]2(C)CCN([C@@H]3C[C@H]3c3ccc(Cl)cc3)CC2)ccc1Br. The van der Waals surface area contributed by atoms with Crippen molar-refractivity contribution in [2.75, 3.05) is 40.3 Å². The van der Waals surface area contributed by atoms with Crippen molar-refractivity contribution in [2.24, 2.45) is 0 Å². The van der Waals surface area contributed by atoms with E-state index in [0.717, 1.165) is 45.9 Å². The summed E-state index contributed by atoms with van der Waals surface area (Å²) >= 11 is 9.57. The van der Waals surface area contributed by atoms with Crippen molar-refractivity contribution in [3.8, 4) is 5.75 Å². The minimum Gasteiger partial charge on any atom is -0.495 e. The molecular formula is C21H25BrClN2O+. The van der Waals surface area contributed by atoms with Gasteiger partial charge < -0.3 is 4.74 Å². The Bertz CT molecular complexity index is 787. The van der Waals surface area contributed by atoms with Crippen molar-refractivity contribution < 1.29 is 4.74 Å². The van der Waals surface area contributed by atoms with Crippen LogP contribution in [0, 0.1) is 0 Å². The van der Waals surface area contributed by atoms with Crippen molar-refractivity contribution in [1.29, 1.82) is 0 Å². The molecule has 0 N–H and O–H groups in total. The monoisotopic (exact) mass is 435 g/mol. The van der Waals surface area contributed by atoms with E-state index in [-0.39, 0.29) is 0 Å². The first-order chi connectivity index (χ1) is 12.5. The quantitative estimate of drug-likeness (QED) is 0.631. The van der Waals surface area contributed by atoms with Crippen LogP contribution >= 0.6 is 27.5 Å². The maximum atomic E-state index is 6.02. The Morgan fingerprint density at radius 3 is 2.46 bits per heavy atom. The Morgan fingerprint density at radius 1 is 1.12 bits per heavy atom. The Labute approximate surface area is 169 Å². The number of halogens is 2. The fourth-order valence-corrected chi connectivity index (χ4v) is 4.68. The van der Waals surface area contributed by atoms with Crippen molar-refractivity contribution in [1.82, 2.24) is 9.38 Å². The number of piperazine rings is 1. The summed E-state index contributed by atoms with van der Waals surface area (Å²) in [4.78, 5) is 2.68. The molecule has 2 aliphatic rings. The van der Waals surface area contributed by atoms with Gasteiger partial charge in [0, 0.05) is 42.2 Å². The summed E-state index contributed by atoms with van der Waals surface area (Å²) in [5.41, 5.74) is 2.76. The number of nitrogens with zero attached hydrogens (tertiary/aromatic N) is 2. The van der Waals surface area contributed by atoms with Gasteiger partial charge in [0.1, 0.15) is 11.4 Å². The Morgan fingerprint density at radius 2 is 1.81 bits per heavy atom. The molecule has 1 saturated heterocycles. The zero-order chi connectivity index (χ0) is 18.3. The summed E-state index contributed by atoms with van der Waals surface area (Å²) in [6.07, 6.45) is 1.28. The van der Waals surface area contributed by atoms with Gasteiger partial charge in [-0.05, 0) is 46.1 Å². The second-order valence-electron chi connectivity index (χ2n) is 7.66. The van der Waals surface area contributed by atoms with Gasteiger partial charge in [0.05, 0.1) is 31.7 Å². The van der Waals surface area contributed by atoms with Crippen LogP contribution in [0.2, 0.25) is 5.02 Å². The van der Waals surface area contributed by atoms with Gasteiger partial charge in [-0.25, -0.2) is 0 Å². The molecule has 0 spiro atoms. The molecule has 0 amide bonds. The first-order valence-electron chi connectivity index (χ1n) is 9.18. The molecule has 4 rings (SSSR count). The second kappa shape index (κ2) is 7.16. The minimum atomic E-state index is 0.678. The molecule has 2 atom stereocenters. The zero-order valence-corrected chi connectivity index (χ0v) is 17.6. The Hall–Kier alpha value is -1.07. The van der Waals surface area contributed by atoms with Gasteiger partial charge in [-0.2, -0.15) is 0 Å². The molecule has 1 saturated carbocycles. The smallest absolute Gasteiger partial charge is 0.138 e. The van der Waals surface area contributed by atoms with E-state index in [0.29, 0.717) is 12.0 Å². The lowest BCUT2D eigenvalue weighted by molar-refractivity contribution is 0.147. The fraction of sp³-hybridized carbons (Fsp3) is 0.429. The summed E-state index contributed by atoms with van der Waals surface area (Å²) in [5.74, 6) is 1.59. The Balaban J connectivity index is 1.40. The highest BCUT2D eigenvalue weighted by Gasteiger charge is 2.45. The van der Waals surface area contributed by atoms with Crippen molar-refractivity contribution in [3.05, 3.63) is 57.5 Å². The van der Waals surface area contributed by atoms with E-state index in [1.807, 2.05) is 12.1 Å². The summed E-state index contributed by atoms with van der Waals surface area (Å²) in [7, 11) is 4.06. The summed E-state index contributed by atoms with van der Waals surface area (Å²) in [6.45, 7) is 4.55. The second-order valence-corrected chi connectivity index (χ2v) is 8.95. The molecule has 1 aliphatic carbocycles. The van der Waals surface area contributed by atoms with Crippen LogP contribution < -0.4 is 9.22 Å². The average Bonchev–Trinajstić information content (AvgIpc) is 3.44. The molecule has 26 heavy (non-hydrogen) atoms. The van der Waals surface area contributed by atoms with Gasteiger partial charge in [0.15, 0.2) is 0 Å². The number of hydrogen-bond acceptors (Lipinski definition) is 2. The van der Waals surface area contributed by atoms with Gasteiger partial charge in [0.25, 0.3) is 0 Å². The van der Waals surface area contributed by atoms with E-state index < -0.39 is 0 Å². The van der Waals surface area contributed by atoms with Gasteiger partial charge in [0.2, 0.25) is 0 Å². The van der Waals surface area contributed by atoms with E-state index in [1.165, 1.54) is 17.7 Å². The molecule has 0 radical (unpaired) electrons. The summed E-state index contributed by atoms with van der Waals surface area (Å²) in [5, 5.41) is 0.821. The lowest BCUT2D eigenvalue weighted by Gasteiger charge is -2.42. The highest BCUT2D eigenvalue weighted by Crippen LogP contribution is 2.45. The molecule has 2 fully saturated rings. The normalized spacial score (nSPS) is 25.1. The maximum Gasteiger partial charge on any atom is 0.138 e. The average molecular weight is 437 g/mol. The number of quaternary nitrogens is 1. The topological polar surface area (TPSA) is 12.5 Å². The van der Waals surface area contributed by atoms with Gasteiger partial charge >= 0.3 is 0 Å². The standard InChI is InChI=1S/C21H25BrClN2O/c1-25(17-7-8-19(22)21(13-17)26-2)11-9-24(10-12-25)20-14-18(20)15-3-5-16(23)6-4-15/h3-8,13,18,20H,9-12,14H2,1-2H3/q+1/t18-,20+/m0/s1. The molecule has 2 aromatic carbocycles. The zero-order valence-electron chi connectivity index (χ0n) is 15.3. The molecule has 2 aromatic rings. The summed E-state index contributed by atoms with van der Waals surface area (Å²) in [6, 6.07) is 15.6. The number of methoxy groups -OCH3 is 1. The van der Waals surface area contributed by atoms with Crippen molar-refractivity contribution in [2.45, 2.75) is 18.4 Å². The van der Waals surface area contributed by atoms with E-state index in [4.69, 9.17) is 16.3 Å². The third kappa shape index (κ3) is 3.53. The molecule has 3 nitrogen and oxygen atoms in total. The molecule has 1 heterocycles. The number of hydrogen-bond donors (Lipinski definition) is 0. The largest absolute Gasteiger partial charge is 0.495 e. The highest BCUT2D eigenvalue weighted by molar-refractivity contribution is 9.10. The van der Waals surface area contributed by atoms with Crippen molar-refractivity contribution in [3.63, 3.8) is 0 Å². The molecule has 1 aliphatic heterocycles. The van der Waals surface area contributed by atoms with Crippen LogP contribution in [0.4, 0.5) is 5.69 Å². The number of benzene rings is 2. The van der Waals surface area contributed by atoms with Crippen LogP contribution in [0.3, 0.4) is 0 Å². The van der Waals surface area contributed by atoms with Gasteiger partial charge in [-0.3, -0.25) is 9.38 Å². The van der Waals surface area contributed by atoms with E-state index in [2.05, 4.69) is 58.2 Å². The number of rotatable bonds is 4. The predicted octanol–water partition coefficient (Wildman–Crippen LogP) is 4.92. The molecule has 5 heteroatoms. The molecular weight excluding hydrogens is 412 g/mol. The minimum absolute atomic E-state index is 0.678. The first-order valence-corrected chi connectivity index (χ1v) is 10.4. The maximum absolute atomic E-state index is 6.02. The van der Waals surface area contributed by atoms with E-state index in [1.54, 1.807) is 7.11 Å². The van der Waals surface area contributed by atoms with Crippen LogP contribution in [-0.4, -0.2) is 51.3 Å². The molecule has 0 bridgehead atoms.